The molecule has 1 unspecified atom stereocenters. The van der Waals surface area contributed by atoms with Crippen LogP contribution in [0.2, 0.25) is 0 Å². The molecule has 0 heterocycles. The summed E-state index contributed by atoms with van der Waals surface area (Å²) < 4.78 is 26.6. The second-order valence-corrected chi connectivity index (χ2v) is 4.61. The van der Waals surface area contributed by atoms with Gasteiger partial charge < -0.3 is 0 Å². The van der Waals surface area contributed by atoms with Crippen LogP contribution in [0.5, 0.6) is 0 Å². The molecule has 1 atom stereocenters. The van der Waals surface area contributed by atoms with Crippen LogP contribution >= 0.6 is 11.6 Å². The van der Waals surface area contributed by atoms with E-state index in [1.165, 1.54) is 18.2 Å². The first-order valence-corrected chi connectivity index (χ1v) is 6.15. The highest BCUT2D eigenvalue weighted by molar-refractivity contribution is 6.20. The van der Waals surface area contributed by atoms with Gasteiger partial charge in [0.25, 0.3) is 0 Å². The molecular weight excluding hydrogens is 230 g/mol. The van der Waals surface area contributed by atoms with Crippen molar-refractivity contribution in [2.24, 2.45) is 0 Å². The predicted octanol–water partition coefficient (Wildman–Crippen LogP) is 4.70. The van der Waals surface area contributed by atoms with Crippen LogP contribution in [0.15, 0.2) is 18.2 Å². The summed E-state index contributed by atoms with van der Waals surface area (Å²) >= 11 is 6.06. The van der Waals surface area contributed by atoms with Crippen LogP contribution in [0.4, 0.5) is 8.78 Å². The SMILES string of the molecule is CCCCCC(Cl)Cc1c(F)cccc1F. The Balaban J connectivity index is 2.52. The molecule has 0 fully saturated rings. The van der Waals surface area contributed by atoms with E-state index < -0.39 is 11.6 Å². The summed E-state index contributed by atoms with van der Waals surface area (Å²) in [6, 6.07) is 3.91. The van der Waals surface area contributed by atoms with Crippen LogP contribution in [0.25, 0.3) is 0 Å². The van der Waals surface area contributed by atoms with E-state index in [2.05, 4.69) is 6.92 Å². The Morgan fingerprint density at radius 2 is 1.81 bits per heavy atom. The molecule has 0 aliphatic carbocycles. The molecule has 16 heavy (non-hydrogen) atoms. The Kier molecular flexibility index (Phi) is 5.75. The Labute approximate surface area is 101 Å². The second-order valence-electron chi connectivity index (χ2n) is 4.00. The number of rotatable bonds is 6. The third-order valence-corrected chi connectivity index (χ3v) is 2.98. The number of hydrogen-bond acceptors (Lipinski definition) is 0. The molecule has 3 heteroatoms. The summed E-state index contributed by atoms with van der Waals surface area (Å²) in [7, 11) is 0. The number of benzene rings is 1. The monoisotopic (exact) mass is 246 g/mol. The van der Waals surface area contributed by atoms with Crippen LogP contribution in [0.3, 0.4) is 0 Å². The molecule has 0 aliphatic heterocycles. The van der Waals surface area contributed by atoms with Crippen LogP contribution in [-0.2, 0) is 6.42 Å². The van der Waals surface area contributed by atoms with Crippen LogP contribution in [0.1, 0.15) is 38.2 Å². The topological polar surface area (TPSA) is 0 Å². The van der Waals surface area contributed by atoms with E-state index in [-0.39, 0.29) is 17.4 Å². The zero-order valence-corrected chi connectivity index (χ0v) is 10.2. The lowest BCUT2D eigenvalue weighted by atomic mass is 10.0. The minimum absolute atomic E-state index is 0.110. The molecule has 1 rings (SSSR count). The summed E-state index contributed by atoms with van der Waals surface area (Å²) in [4.78, 5) is 0. The number of alkyl halides is 1. The van der Waals surface area contributed by atoms with E-state index >= 15 is 0 Å². The fourth-order valence-electron chi connectivity index (χ4n) is 1.67. The Hall–Kier alpha value is -0.630. The Morgan fingerprint density at radius 1 is 1.19 bits per heavy atom. The van der Waals surface area contributed by atoms with Gasteiger partial charge in [0, 0.05) is 10.9 Å². The van der Waals surface area contributed by atoms with Crippen molar-refractivity contribution in [2.75, 3.05) is 0 Å². The normalized spacial score (nSPS) is 12.8. The van der Waals surface area contributed by atoms with Gasteiger partial charge in [-0.1, -0.05) is 32.3 Å². The quantitative estimate of drug-likeness (QED) is 0.504. The minimum Gasteiger partial charge on any atom is -0.207 e. The van der Waals surface area contributed by atoms with Crippen molar-refractivity contribution in [2.45, 2.75) is 44.4 Å². The van der Waals surface area contributed by atoms with Crippen molar-refractivity contribution in [1.29, 1.82) is 0 Å². The molecule has 0 amide bonds. The van der Waals surface area contributed by atoms with E-state index in [1.807, 2.05) is 0 Å². The van der Waals surface area contributed by atoms with Crippen LogP contribution < -0.4 is 0 Å². The lowest BCUT2D eigenvalue weighted by Crippen LogP contribution is -2.07. The maximum Gasteiger partial charge on any atom is 0.129 e. The molecule has 1 aromatic carbocycles. The fourth-order valence-corrected chi connectivity index (χ4v) is 1.98. The minimum atomic E-state index is -0.499. The molecule has 0 spiro atoms. The molecule has 0 bridgehead atoms. The largest absolute Gasteiger partial charge is 0.207 e. The van der Waals surface area contributed by atoms with Gasteiger partial charge in [-0.05, 0) is 25.0 Å². The Bertz CT molecular complexity index is 305. The zero-order valence-electron chi connectivity index (χ0n) is 9.48. The number of unbranched alkanes of at least 4 members (excludes halogenated alkanes) is 2. The molecule has 0 radical (unpaired) electrons. The summed E-state index contributed by atoms with van der Waals surface area (Å²) in [6.45, 7) is 2.11. The van der Waals surface area contributed by atoms with Gasteiger partial charge >= 0.3 is 0 Å². The van der Waals surface area contributed by atoms with Crippen molar-refractivity contribution >= 4 is 11.6 Å². The van der Waals surface area contributed by atoms with Gasteiger partial charge in [-0.15, -0.1) is 11.6 Å². The van der Waals surface area contributed by atoms with Gasteiger partial charge in [-0.3, -0.25) is 0 Å². The highest BCUT2D eigenvalue weighted by Crippen LogP contribution is 2.19. The van der Waals surface area contributed by atoms with Gasteiger partial charge in [-0.25, -0.2) is 8.78 Å². The molecule has 0 aliphatic rings. The average Bonchev–Trinajstić information content (AvgIpc) is 2.24. The van der Waals surface area contributed by atoms with E-state index in [0.717, 1.165) is 25.7 Å². The summed E-state index contributed by atoms with van der Waals surface area (Å²) in [6.07, 6.45) is 4.33. The fraction of sp³-hybridized carbons (Fsp3) is 0.538. The first-order chi connectivity index (χ1) is 7.65. The lowest BCUT2D eigenvalue weighted by molar-refractivity contribution is 0.542. The van der Waals surface area contributed by atoms with Gasteiger partial charge in [0.15, 0.2) is 0 Å². The average molecular weight is 247 g/mol. The lowest BCUT2D eigenvalue weighted by Gasteiger charge is -2.10. The predicted molar refractivity (Wildman–Crippen MR) is 63.8 cm³/mol. The first kappa shape index (κ1) is 13.4. The highest BCUT2D eigenvalue weighted by Gasteiger charge is 2.13. The molecule has 0 saturated heterocycles. The van der Waals surface area contributed by atoms with Crippen LogP contribution in [-0.4, -0.2) is 5.38 Å². The van der Waals surface area contributed by atoms with E-state index in [9.17, 15) is 8.78 Å². The summed E-state index contributed by atoms with van der Waals surface area (Å²) in [5.41, 5.74) is 0.110. The van der Waals surface area contributed by atoms with Crippen molar-refractivity contribution in [3.05, 3.63) is 35.4 Å². The van der Waals surface area contributed by atoms with Crippen molar-refractivity contribution in [3.8, 4) is 0 Å². The second kappa shape index (κ2) is 6.85. The number of halogens is 3. The van der Waals surface area contributed by atoms with Gasteiger partial charge in [0.05, 0.1) is 0 Å². The van der Waals surface area contributed by atoms with E-state index in [1.54, 1.807) is 0 Å². The van der Waals surface area contributed by atoms with Crippen molar-refractivity contribution in [1.82, 2.24) is 0 Å². The van der Waals surface area contributed by atoms with Gasteiger partial charge in [-0.2, -0.15) is 0 Å². The third kappa shape index (κ3) is 4.09. The summed E-state index contributed by atoms with van der Waals surface area (Å²) in [5.74, 6) is -0.998. The van der Waals surface area contributed by atoms with E-state index in [4.69, 9.17) is 11.6 Å². The molecular formula is C13H17ClF2. The standard InChI is InChI=1S/C13H17ClF2/c1-2-3-4-6-10(14)9-11-12(15)7-5-8-13(11)16/h5,7-8,10H,2-4,6,9H2,1H3. The van der Waals surface area contributed by atoms with Gasteiger partial charge in [0.2, 0.25) is 0 Å². The Morgan fingerprint density at radius 3 is 2.38 bits per heavy atom. The van der Waals surface area contributed by atoms with E-state index in [0.29, 0.717) is 0 Å². The van der Waals surface area contributed by atoms with Crippen molar-refractivity contribution < 1.29 is 8.78 Å². The molecule has 90 valence electrons. The van der Waals surface area contributed by atoms with Crippen LogP contribution in [0, 0.1) is 11.6 Å². The molecule has 0 nitrogen and oxygen atoms in total. The molecule has 1 aromatic rings. The first-order valence-electron chi connectivity index (χ1n) is 5.72. The molecule has 0 N–H and O–H groups in total. The van der Waals surface area contributed by atoms with Gasteiger partial charge in [0.1, 0.15) is 11.6 Å². The molecule has 0 saturated carbocycles. The third-order valence-electron chi connectivity index (χ3n) is 2.61. The zero-order chi connectivity index (χ0) is 12.0. The van der Waals surface area contributed by atoms with Crippen molar-refractivity contribution in [3.63, 3.8) is 0 Å². The maximum absolute atomic E-state index is 13.3. The summed E-state index contributed by atoms with van der Waals surface area (Å²) in [5, 5.41) is -0.182. The smallest absolute Gasteiger partial charge is 0.129 e. The molecule has 0 aromatic heterocycles. The highest BCUT2D eigenvalue weighted by atomic mass is 35.5. The number of hydrogen-bond donors (Lipinski definition) is 0. The maximum atomic E-state index is 13.3.